The van der Waals surface area contributed by atoms with Gasteiger partial charge in [-0.15, -0.1) is 13.2 Å². The second-order valence-corrected chi connectivity index (χ2v) is 6.77. The van der Waals surface area contributed by atoms with Gasteiger partial charge >= 0.3 is 0 Å². The number of benzene rings is 1. The summed E-state index contributed by atoms with van der Waals surface area (Å²) in [5.41, 5.74) is 0.230. The molecule has 0 aromatic heterocycles. The monoisotopic (exact) mass is 414 g/mol. The number of ether oxygens (including phenoxy) is 1. The number of aromatic hydroxyl groups is 1. The van der Waals surface area contributed by atoms with Crippen LogP contribution in [0.25, 0.3) is 0 Å². The molecule has 0 aliphatic rings. The van der Waals surface area contributed by atoms with Gasteiger partial charge in [-0.25, -0.2) is 8.78 Å². The van der Waals surface area contributed by atoms with E-state index in [2.05, 4.69) is 31.1 Å². The first-order valence-corrected chi connectivity index (χ1v) is 9.23. The fourth-order valence-electron chi connectivity index (χ4n) is 2.60. The summed E-state index contributed by atoms with van der Waals surface area (Å²) in [5.74, 6) is -5.76. The van der Waals surface area contributed by atoms with Gasteiger partial charge in [-0.05, 0) is 48.3 Å². The van der Waals surface area contributed by atoms with Crippen LogP contribution in [0.5, 0.6) is 5.75 Å². The number of phenols is 1. The molecule has 2 atom stereocenters. The van der Waals surface area contributed by atoms with Crippen molar-refractivity contribution >= 4 is 0 Å². The van der Waals surface area contributed by atoms with Crippen LogP contribution in [-0.4, -0.2) is 12.2 Å². The van der Waals surface area contributed by atoms with Crippen LogP contribution in [0, 0.1) is 23.5 Å². The van der Waals surface area contributed by atoms with E-state index in [1.54, 1.807) is 6.92 Å². The van der Waals surface area contributed by atoms with Gasteiger partial charge in [0.05, 0.1) is 7.11 Å². The highest BCUT2D eigenvalue weighted by Crippen LogP contribution is 2.30. The van der Waals surface area contributed by atoms with Crippen LogP contribution in [0.4, 0.5) is 17.6 Å². The first-order chi connectivity index (χ1) is 13.6. The van der Waals surface area contributed by atoms with E-state index in [4.69, 9.17) is 5.11 Å². The largest absolute Gasteiger partial charge is 0.505 e. The van der Waals surface area contributed by atoms with Crippen molar-refractivity contribution in [3.8, 4) is 5.75 Å². The normalized spacial score (nSPS) is 13.5. The first-order valence-electron chi connectivity index (χ1n) is 9.23. The number of phenolic OH excluding ortho intramolecular Hbond substituents is 1. The average molecular weight is 414 g/mol. The van der Waals surface area contributed by atoms with Gasteiger partial charge in [0.25, 0.3) is 0 Å². The van der Waals surface area contributed by atoms with Crippen molar-refractivity contribution in [1.29, 1.82) is 0 Å². The van der Waals surface area contributed by atoms with E-state index in [1.807, 2.05) is 6.92 Å². The number of hydrogen-bond acceptors (Lipinski definition) is 2. The molecular formula is C23H30F4O2. The van der Waals surface area contributed by atoms with Crippen molar-refractivity contribution in [2.24, 2.45) is 11.8 Å². The van der Waals surface area contributed by atoms with E-state index < -0.39 is 34.8 Å². The molecule has 0 amide bonds. The van der Waals surface area contributed by atoms with E-state index in [1.165, 1.54) is 13.2 Å². The summed E-state index contributed by atoms with van der Waals surface area (Å²) < 4.78 is 59.5. The predicted molar refractivity (Wildman–Crippen MR) is 110 cm³/mol. The van der Waals surface area contributed by atoms with E-state index in [0.717, 1.165) is 6.07 Å². The molecular weight excluding hydrogens is 384 g/mol. The van der Waals surface area contributed by atoms with Gasteiger partial charge in [-0.2, -0.15) is 8.78 Å². The van der Waals surface area contributed by atoms with Crippen molar-refractivity contribution < 1.29 is 27.4 Å². The van der Waals surface area contributed by atoms with E-state index in [9.17, 15) is 17.6 Å². The molecule has 29 heavy (non-hydrogen) atoms. The van der Waals surface area contributed by atoms with E-state index in [-0.39, 0.29) is 23.0 Å². The van der Waals surface area contributed by atoms with Gasteiger partial charge in [-0.3, -0.25) is 0 Å². The van der Waals surface area contributed by atoms with E-state index in [0.29, 0.717) is 25.7 Å². The smallest absolute Gasteiger partial charge is 0.200 e. The van der Waals surface area contributed by atoms with Gasteiger partial charge in [-0.1, -0.05) is 39.5 Å². The van der Waals surface area contributed by atoms with Gasteiger partial charge < -0.3 is 9.84 Å². The quantitative estimate of drug-likeness (QED) is 0.188. The summed E-state index contributed by atoms with van der Waals surface area (Å²) >= 11 is 0. The highest BCUT2D eigenvalue weighted by atomic mass is 19.2. The molecule has 1 aromatic carbocycles. The molecule has 6 heteroatoms. The summed E-state index contributed by atoms with van der Waals surface area (Å²) in [7, 11) is 1.20. The zero-order chi connectivity index (χ0) is 22.7. The Kier molecular flexibility index (Phi) is 11.8. The van der Waals surface area contributed by atoms with Gasteiger partial charge in [0.15, 0.2) is 23.2 Å². The third-order valence-corrected chi connectivity index (χ3v) is 4.70. The van der Waals surface area contributed by atoms with Gasteiger partial charge in [0.2, 0.25) is 5.82 Å². The Bertz CT molecular complexity index is 741. The topological polar surface area (TPSA) is 29.5 Å². The molecule has 0 spiro atoms. The molecule has 0 aliphatic heterocycles. The molecule has 162 valence electrons. The standard InChI is InChI=1S/C21H26F4O2.C2H4/c1-12(7-9-16-10-11-17(26)21(25)20(16)24)6-8-13(2)14(3)18(22)19(23)15(4)27-5;1-2/h10-13,26H,3-4,6-9H2,1-2,5H3;1-2H2/b19-18-;. The Labute approximate surface area is 170 Å². The lowest BCUT2D eigenvalue weighted by Crippen LogP contribution is -2.06. The molecule has 0 saturated carbocycles. The molecule has 1 N–H and O–H groups in total. The predicted octanol–water partition coefficient (Wildman–Crippen LogP) is 7.32. The second-order valence-electron chi connectivity index (χ2n) is 6.77. The Morgan fingerprint density at radius 1 is 1.00 bits per heavy atom. The fourth-order valence-corrected chi connectivity index (χ4v) is 2.60. The SMILES string of the molecule is C=C.C=C(OC)/C(F)=C(/F)C(=C)C(C)CCC(C)CCc1ccc(O)c(F)c1F. The highest BCUT2D eigenvalue weighted by molar-refractivity contribution is 5.33. The van der Waals surface area contributed by atoms with Crippen LogP contribution in [0.2, 0.25) is 0 Å². The lowest BCUT2D eigenvalue weighted by Gasteiger charge is -2.17. The number of halogens is 4. The summed E-state index contributed by atoms with van der Waals surface area (Å²) in [6.45, 7) is 16.6. The Morgan fingerprint density at radius 2 is 1.59 bits per heavy atom. The Balaban J connectivity index is 0.00000379. The van der Waals surface area contributed by atoms with Gasteiger partial charge in [0.1, 0.15) is 5.76 Å². The first kappa shape index (κ1) is 26.5. The number of methoxy groups -OCH3 is 1. The summed E-state index contributed by atoms with van der Waals surface area (Å²) in [4.78, 5) is 0. The maximum atomic E-state index is 14.1. The maximum Gasteiger partial charge on any atom is 0.200 e. The summed E-state index contributed by atoms with van der Waals surface area (Å²) in [6, 6.07) is 2.48. The van der Waals surface area contributed by atoms with Crippen LogP contribution in [-0.2, 0) is 11.2 Å². The highest BCUT2D eigenvalue weighted by Gasteiger charge is 2.19. The molecule has 2 nitrogen and oxygen atoms in total. The van der Waals surface area contributed by atoms with E-state index >= 15 is 0 Å². The van der Waals surface area contributed by atoms with Crippen LogP contribution in [0.3, 0.4) is 0 Å². The minimum Gasteiger partial charge on any atom is -0.505 e. The van der Waals surface area contributed by atoms with Crippen LogP contribution < -0.4 is 0 Å². The number of hydrogen-bond donors (Lipinski definition) is 1. The van der Waals surface area contributed by atoms with Crippen LogP contribution in [0.15, 0.2) is 61.4 Å². The van der Waals surface area contributed by atoms with Crippen molar-refractivity contribution in [3.05, 3.63) is 78.6 Å². The number of aryl methyl sites for hydroxylation is 1. The molecule has 0 saturated heterocycles. The zero-order valence-corrected chi connectivity index (χ0v) is 17.3. The molecule has 0 radical (unpaired) electrons. The zero-order valence-electron chi connectivity index (χ0n) is 17.3. The van der Waals surface area contributed by atoms with Crippen LogP contribution in [0.1, 0.15) is 38.7 Å². The fraction of sp³-hybridized carbons (Fsp3) is 0.391. The summed E-state index contributed by atoms with van der Waals surface area (Å²) in [5, 5.41) is 9.14. The molecule has 1 rings (SSSR count). The van der Waals surface area contributed by atoms with Crippen molar-refractivity contribution in [3.63, 3.8) is 0 Å². The third kappa shape index (κ3) is 7.80. The molecule has 0 bridgehead atoms. The van der Waals surface area contributed by atoms with Gasteiger partial charge in [0, 0.05) is 0 Å². The Hall–Kier alpha value is -2.50. The Morgan fingerprint density at radius 3 is 2.14 bits per heavy atom. The summed E-state index contributed by atoms with van der Waals surface area (Å²) in [6.07, 6.45) is 2.15. The minimum atomic E-state index is -1.24. The third-order valence-electron chi connectivity index (χ3n) is 4.70. The molecule has 1 aromatic rings. The molecule has 0 fully saturated rings. The average Bonchev–Trinajstić information content (AvgIpc) is 2.74. The molecule has 2 unspecified atom stereocenters. The molecule has 0 aliphatic carbocycles. The van der Waals surface area contributed by atoms with Crippen LogP contribution >= 0.6 is 0 Å². The van der Waals surface area contributed by atoms with Crippen molar-refractivity contribution in [1.82, 2.24) is 0 Å². The maximum absolute atomic E-state index is 14.1. The lowest BCUT2D eigenvalue weighted by atomic mass is 9.89. The van der Waals surface area contributed by atoms with Crippen molar-refractivity contribution in [2.45, 2.75) is 39.5 Å². The minimum absolute atomic E-state index is 0.0320. The van der Waals surface area contributed by atoms with Crippen molar-refractivity contribution in [2.75, 3.05) is 7.11 Å². The number of allylic oxidation sites excluding steroid dienone is 3. The lowest BCUT2D eigenvalue weighted by molar-refractivity contribution is 0.280. The second kappa shape index (κ2) is 12.9. The molecule has 0 heterocycles. The number of rotatable bonds is 10.